The van der Waals surface area contributed by atoms with Gasteiger partial charge in [-0.2, -0.15) is 0 Å². The number of carbonyl (C=O) groups is 1. The van der Waals surface area contributed by atoms with Crippen molar-refractivity contribution < 1.29 is 9.18 Å². The monoisotopic (exact) mass is 321 g/mol. The van der Waals surface area contributed by atoms with Crippen molar-refractivity contribution in [2.75, 3.05) is 5.33 Å². The van der Waals surface area contributed by atoms with Crippen LogP contribution >= 0.6 is 27.5 Å². The topological polar surface area (TPSA) is 29.1 Å². The minimum Gasteiger partial charge on any atom is -0.349 e. The number of halogens is 3. The van der Waals surface area contributed by atoms with E-state index in [0.29, 0.717) is 5.92 Å². The first kappa shape index (κ1) is 14.5. The van der Waals surface area contributed by atoms with Crippen LogP contribution in [0, 0.1) is 11.7 Å². The third kappa shape index (κ3) is 3.96. The summed E-state index contributed by atoms with van der Waals surface area (Å²) < 4.78 is 13.2. The van der Waals surface area contributed by atoms with Gasteiger partial charge in [0, 0.05) is 16.9 Å². The van der Waals surface area contributed by atoms with Crippen molar-refractivity contribution in [3.63, 3.8) is 0 Å². The summed E-state index contributed by atoms with van der Waals surface area (Å²) in [6.45, 7) is 3.93. The molecule has 0 heterocycles. The third-order valence-electron chi connectivity index (χ3n) is 2.64. The molecule has 5 heteroatoms. The first-order valence-electron chi connectivity index (χ1n) is 5.27. The second-order valence-electron chi connectivity index (χ2n) is 4.02. The third-order valence-corrected chi connectivity index (χ3v) is 3.97. The highest BCUT2D eigenvalue weighted by molar-refractivity contribution is 9.09. The van der Waals surface area contributed by atoms with Gasteiger partial charge in [0.1, 0.15) is 5.82 Å². The largest absolute Gasteiger partial charge is 0.349 e. The van der Waals surface area contributed by atoms with Crippen LogP contribution in [0.15, 0.2) is 18.2 Å². The van der Waals surface area contributed by atoms with E-state index in [9.17, 15) is 9.18 Å². The van der Waals surface area contributed by atoms with Gasteiger partial charge in [-0.3, -0.25) is 4.79 Å². The predicted octanol–water partition coefficient (Wildman–Crippen LogP) is 3.63. The van der Waals surface area contributed by atoms with Crippen LogP contribution < -0.4 is 5.32 Å². The SMILES string of the molecule is CC(CBr)C(C)NC(=O)c1ccc(Cl)c(F)c1. The highest BCUT2D eigenvalue weighted by atomic mass is 79.9. The van der Waals surface area contributed by atoms with Gasteiger partial charge in [-0.1, -0.05) is 34.5 Å². The minimum absolute atomic E-state index is 0.0145. The Labute approximate surface area is 114 Å². The maximum absolute atomic E-state index is 13.2. The molecule has 2 unspecified atom stereocenters. The molecular weight excluding hydrogens is 308 g/mol. The standard InChI is InChI=1S/C12H14BrClFNO/c1-7(6-13)8(2)16-12(17)9-3-4-10(14)11(15)5-9/h3-5,7-8H,6H2,1-2H3,(H,16,17). The molecule has 1 rings (SSSR count). The molecule has 2 nitrogen and oxygen atoms in total. The molecule has 0 saturated heterocycles. The van der Waals surface area contributed by atoms with E-state index < -0.39 is 5.82 Å². The molecule has 0 aliphatic rings. The first-order valence-corrected chi connectivity index (χ1v) is 6.77. The van der Waals surface area contributed by atoms with Crippen molar-refractivity contribution in [1.82, 2.24) is 5.32 Å². The Hall–Kier alpha value is -0.610. The number of hydrogen-bond acceptors (Lipinski definition) is 1. The Morgan fingerprint density at radius 2 is 2.18 bits per heavy atom. The van der Waals surface area contributed by atoms with Gasteiger partial charge < -0.3 is 5.32 Å². The zero-order chi connectivity index (χ0) is 13.0. The molecule has 0 saturated carbocycles. The Balaban J connectivity index is 2.73. The van der Waals surface area contributed by atoms with Crippen LogP contribution in [0.4, 0.5) is 4.39 Å². The van der Waals surface area contributed by atoms with E-state index in [2.05, 4.69) is 21.2 Å². The van der Waals surface area contributed by atoms with Gasteiger partial charge in [-0.05, 0) is 31.0 Å². The van der Waals surface area contributed by atoms with E-state index in [1.807, 2.05) is 13.8 Å². The summed E-state index contributed by atoms with van der Waals surface area (Å²) in [6.07, 6.45) is 0. The number of nitrogens with one attached hydrogen (secondary N) is 1. The smallest absolute Gasteiger partial charge is 0.251 e. The van der Waals surface area contributed by atoms with Crippen LogP contribution in [0.3, 0.4) is 0 Å². The maximum atomic E-state index is 13.2. The van der Waals surface area contributed by atoms with Crippen molar-refractivity contribution in [2.24, 2.45) is 5.92 Å². The van der Waals surface area contributed by atoms with Gasteiger partial charge in [0.25, 0.3) is 5.91 Å². The molecule has 0 bridgehead atoms. The second kappa shape index (κ2) is 6.36. The van der Waals surface area contributed by atoms with Crippen molar-refractivity contribution in [1.29, 1.82) is 0 Å². The summed E-state index contributed by atoms with van der Waals surface area (Å²) in [5.41, 5.74) is 0.278. The Morgan fingerprint density at radius 3 is 2.71 bits per heavy atom. The number of rotatable bonds is 4. The fourth-order valence-electron chi connectivity index (χ4n) is 1.20. The van der Waals surface area contributed by atoms with Crippen molar-refractivity contribution in [3.05, 3.63) is 34.6 Å². The molecule has 0 spiro atoms. The Kier molecular flexibility index (Phi) is 5.40. The minimum atomic E-state index is -0.583. The van der Waals surface area contributed by atoms with E-state index in [4.69, 9.17) is 11.6 Å². The summed E-state index contributed by atoms with van der Waals surface area (Å²) in [5, 5.41) is 3.63. The average molecular weight is 323 g/mol. The molecule has 0 aliphatic heterocycles. The van der Waals surface area contributed by atoms with Gasteiger partial charge in [-0.25, -0.2) is 4.39 Å². The Morgan fingerprint density at radius 1 is 1.53 bits per heavy atom. The predicted molar refractivity (Wildman–Crippen MR) is 71.3 cm³/mol. The molecule has 1 amide bonds. The van der Waals surface area contributed by atoms with Crippen molar-refractivity contribution >= 4 is 33.4 Å². The molecule has 2 atom stereocenters. The van der Waals surface area contributed by atoms with Gasteiger partial charge in [0.05, 0.1) is 5.02 Å². The lowest BCUT2D eigenvalue weighted by atomic mass is 10.1. The second-order valence-corrected chi connectivity index (χ2v) is 5.08. The highest BCUT2D eigenvalue weighted by Gasteiger charge is 2.15. The van der Waals surface area contributed by atoms with Gasteiger partial charge in [0.2, 0.25) is 0 Å². The number of alkyl halides is 1. The molecule has 94 valence electrons. The van der Waals surface area contributed by atoms with E-state index in [1.54, 1.807) is 0 Å². The number of amides is 1. The number of hydrogen-bond donors (Lipinski definition) is 1. The molecule has 0 fully saturated rings. The van der Waals surface area contributed by atoms with E-state index in [0.717, 1.165) is 11.4 Å². The maximum Gasteiger partial charge on any atom is 0.251 e. The van der Waals surface area contributed by atoms with Crippen LogP contribution in [-0.2, 0) is 0 Å². The lowest BCUT2D eigenvalue weighted by Crippen LogP contribution is -2.37. The van der Waals surface area contributed by atoms with Gasteiger partial charge in [0.15, 0.2) is 0 Å². The van der Waals surface area contributed by atoms with E-state index in [1.165, 1.54) is 12.1 Å². The molecule has 17 heavy (non-hydrogen) atoms. The fourth-order valence-corrected chi connectivity index (χ4v) is 1.88. The van der Waals surface area contributed by atoms with Crippen LogP contribution in [0.2, 0.25) is 5.02 Å². The molecule has 0 aromatic heterocycles. The summed E-state index contributed by atoms with van der Waals surface area (Å²) in [6, 6.07) is 4.04. The number of carbonyl (C=O) groups excluding carboxylic acids is 1. The molecule has 0 aliphatic carbocycles. The quantitative estimate of drug-likeness (QED) is 0.843. The van der Waals surface area contributed by atoms with E-state index in [-0.39, 0.29) is 22.5 Å². The summed E-state index contributed by atoms with van der Waals surface area (Å²) in [7, 11) is 0. The molecule has 1 aromatic rings. The lowest BCUT2D eigenvalue weighted by molar-refractivity contribution is 0.0930. The molecule has 1 aromatic carbocycles. The van der Waals surface area contributed by atoms with Crippen LogP contribution in [0.25, 0.3) is 0 Å². The van der Waals surface area contributed by atoms with Crippen LogP contribution in [0.1, 0.15) is 24.2 Å². The zero-order valence-electron chi connectivity index (χ0n) is 9.64. The summed E-state index contributed by atoms with van der Waals surface area (Å²) >= 11 is 8.91. The molecule has 0 radical (unpaired) electrons. The molecule has 1 N–H and O–H groups in total. The molecular formula is C12H14BrClFNO. The van der Waals surface area contributed by atoms with Gasteiger partial charge >= 0.3 is 0 Å². The Bertz CT molecular complexity index is 413. The van der Waals surface area contributed by atoms with Crippen molar-refractivity contribution in [3.8, 4) is 0 Å². The average Bonchev–Trinajstić information content (AvgIpc) is 2.31. The first-order chi connectivity index (χ1) is 7.95. The fraction of sp³-hybridized carbons (Fsp3) is 0.417. The van der Waals surface area contributed by atoms with Crippen LogP contribution in [0.5, 0.6) is 0 Å². The summed E-state index contributed by atoms with van der Waals surface area (Å²) in [5.74, 6) is -0.572. The zero-order valence-corrected chi connectivity index (χ0v) is 12.0. The number of benzene rings is 1. The lowest BCUT2D eigenvalue weighted by Gasteiger charge is -2.19. The van der Waals surface area contributed by atoms with E-state index >= 15 is 0 Å². The van der Waals surface area contributed by atoms with Gasteiger partial charge in [-0.15, -0.1) is 0 Å². The summed E-state index contributed by atoms with van der Waals surface area (Å²) in [4.78, 5) is 11.8. The van der Waals surface area contributed by atoms with Crippen molar-refractivity contribution in [2.45, 2.75) is 19.9 Å². The normalized spacial score (nSPS) is 14.2. The highest BCUT2D eigenvalue weighted by Crippen LogP contribution is 2.16. The van der Waals surface area contributed by atoms with Crippen LogP contribution in [-0.4, -0.2) is 17.3 Å².